The first-order valence-electron chi connectivity index (χ1n) is 11.2. The van der Waals surface area contributed by atoms with Gasteiger partial charge < -0.3 is 19.9 Å². The summed E-state index contributed by atoms with van der Waals surface area (Å²) in [6, 6.07) is 8.23. The highest BCUT2D eigenvalue weighted by atomic mass is 16.5. The van der Waals surface area contributed by atoms with Crippen LogP contribution in [0.25, 0.3) is 11.4 Å². The summed E-state index contributed by atoms with van der Waals surface area (Å²) < 4.78 is 6.03. The summed E-state index contributed by atoms with van der Waals surface area (Å²) in [5, 5.41) is 3.34. The Labute approximate surface area is 173 Å². The molecule has 3 aliphatic heterocycles. The summed E-state index contributed by atoms with van der Waals surface area (Å²) in [6.07, 6.45) is 8.37. The van der Waals surface area contributed by atoms with Crippen molar-refractivity contribution in [2.45, 2.75) is 38.2 Å². The molecule has 1 aromatic heterocycles. The van der Waals surface area contributed by atoms with E-state index in [-0.39, 0.29) is 6.10 Å². The minimum Gasteiger partial charge on any atom is -0.489 e. The summed E-state index contributed by atoms with van der Waals surface area (Å²) in [6.45, 7) is 7.89. The molecule has 29 heavy (non-hydrogen) atoms. The van der Waals surface area contributed by atoms with Crippen LogP contribution >= 0.6 is 0 Å². The second-order valence-corrected chi connectivity index (χ2v) is 8.44. The van der Waals surface area contributed by atoms with E-state index in [1.807, 2.05) is 18.3 Å². The second-order valence-electron chi connectivity index (χ2n) is 8.44. The molecule has 0 saturated carbocycles. The lowest BCUT2D eigenvalue weighted by atomic mass is 10.2. The van der Waals surface area contributed by atoms with E-state index in [0.29, 0.717) is 0 Å². The summed E-state index contributed by atoms with van der Waals surface area (Å²) in [4.78, 5) is 14.6. The Kier molecular flexibility index (Phi) is 5.63. The molecule has 3 aliphatic rings. The Bertz CT molecular complexity index is 813. The second kappa shape index (κ2) is 8.67. The maximum Gasteiger partial charge on any atom is 0.161 e. The van der Waals surface area contributed by atoms with Gasteiger partial charge in [0, 0.05) is 37.0 Å². The minimum absolute atomic E-state index is 0.284. The molecule has 0 unspecified atom stereocenters. The molecule has 2 fully saturated rings. The Balaban J connectivity index is 1.23. The van der Waals surface area contributed by atoms with Crippen molar-refractivity contribution in [3.63, 3.8) is 0 Å². The van der Waals surface area contributed by atoms with Crippen molar-refractivity contribution in [3.8, 4) is 17.1 Å². The van der Waals surface area contributed by atoms with E-state index in [1.54, 1.807) is 0 Å². The number of aromatic nitrogens is 2. The van der Waals surface area contributed by atoms with Crippen LogP contribution in [0.15, 0.2) is 30.5 Å². The zero-order valence-electron chi connectivity index (χ0n) is 17.1. The molecular weight excluding hydrogens is 362 g/mol. The molecule has 0 radical (unpaired) electrons. The van der Waals surface area contributed by atoms with Crippen LogP contribution in [0.1, 0.15) is 31.2 Å². The van der Waals surface area contributed by atoms with E-state index >= 15 is 0 Å². The molecule has 1 aromatic carbocycles. The Hall–Kier alpha value is -2.18. The SMILES string of the molecule is c1cc(-c2ncc3c(n2)N(CCCN2CCCC2)CC3)ccc1O[C@@H]1CCNC1. The maximum atomic E-state index is 6.03. The van der Waals surface area contributed by atoms with Crippen LogP contribution in [0.5, 0.6) is 5.75 Å². The lowest BCUT2D eigenvalue weighted by molar-refractivity contribution is 0.223. The van der Waals surface area contributed by atoms with Gasteiger partial charge in [0.05, 0.1) is 0 Å². The number of likely N-dealkylation sites (tertiary alicyclic amines) is 1. The van der Waals surface area contributed by atoms with Crippen molar-refractivity contribution in [2.75, 3.05) is 50.7 Å². The highest BCUT2D eigenvalue weighted by molar-refractivity contribution is 5.61. The van der Waals surface area contributed by atoms with Crippen LogP contribution in [-0.4, -0.2) is 66.8 Å². The van der Waals surface area contributed by atoms with Gasteiger partial charge in [-0.25, -0.2) is 9.97 Å². The zero-order valence-corrected chi connectivity index (χ0v) is 17.1. The zero-order chi connectivity index (χ0) is 19.5. The first-order valence-corrected chi connectivity index (χ1v) is 11.2. The first-order chi connectivity index (χ1) is 14.3. The Morgan fingerprint density at radius 1 is 1.07 bits per heavy atom. The lowest BCUT2D eigenvalue weighted by Gasteiger charge is -2.21. The molecule has 6 nitrogen and oxygen atoms in total. The average molecular weight is 394 g/mol. The van der Waals surface area contributed by atoms with Crippen LogP contribution in [0.4, 0.5) is 5.82 Å². The molecule has 0 bridgehead atoms. The summed E-state index contributed by atoms with van der Waals surface area (Å²) in [5.74, 6) is 2.87. The quantitative estimate of drug-likeness (QED) is 0.781. The maximum absolute atomic E-state index is 6.03. The van der Waals surface area contributed by atoms with Gasteiger partial charge in [-0.05, 0) is 82.5 Å². The van der Waals surface area contributed by atoms with Crippen LogP contribution in [0.3, 0.4) is 0 Å². The predicted molar refractivity (Wildman–Crippen MR) is 116 cm³/mol. The van der Waals surface area contributed by atoms with Crippen molar-refractivity contribution >= 4 is 5.82 Å². The number of rotatable bonds is 7. The van der Waals surface area contributed by atoms with E-state index in [4.69, 9.17) is 9.72 Å². The number of hydrogen-bond donors (Lipinski definition) is 1. The number of nitrogens with one attached hydrogen (secondary N) is 1. The van der Waals surface area contributed by atoms with Gasteiger partial charge in [-0.2, -0.15) is 0 Å². The standard InChI is InChI=1S/C23H31N5O/c1-2-12-27(11-1)13-3-14-28-15-9-19-16-25-22(26-23(19)28)18-4-6-20(7-5-18)29-21-8-10-24-17-21/h4-7,16,21,24H,1-3,8-15,17H2/t21-/m1/s1. The van der Waals surface area contributed by atoms with Gasteiger partial charge in [0.2, 0.25) is 0 Å². The van der Waals surface area contributed by atoms with Crippen LogP contribution in [-0.2, 0) is 6.42 Å². The summed E-state index contributed by atoms with van der Waals surface area (Å²) >= 11 is 0. The number of fused-ring (bicyclic) bond motifs is 1. The lowest BCUT2D eigenvalue weighted by Crippen LogP contribution is -2.28. The molecule has 2 aromatic rings. The Morgan fingerprint density at radius 2 is 1.93 bits per heavy atom. The largest absolute Gasteiger partial charge is 0.489 e. The number of hydrogen-bond acceptors (Lipinski definition) is 6. The fourth-order valence-electron chi connectivity index (χ4n) is 4.66. The van der Waals surface area contributed by atoms with Gasteiger partial charge in [0.15, 0.2) is 5.82 Å². The van der Waals surface area contributed by atoms with Crippen molar-refractivity contribution in [1.82, 2.24) is 20.2 Å². The molecule has 0 amide bonds. The molecule has 0 spiro atoms. The number of ether oxygens (including phenoxy) is 1. The van der Waals surface area contributed by atoms with Gasteiger partial charge >= 0.3 is 0 Å². The van der Waals surface area contributed by atoms with Crippen LogP contribution < -0.4 is 15.0 Å². The molecule has 1 atom stereocenters. The summed E-state index contributed by atoms with van der Waals surface area (Å²) in [5.41, 5.74) is 2.33. The summed E-state index contributed by atoms with van der Waals surface area (Å²) in [7, 11) is 0. The fraction of sp³-hybridized carbons (Fsp3) is 0.565. The monoisotopic (exact) mass is 393 g/mol. The predicted octanol–water partition coefficient (Wildman–Crippen LogP) is 2.73. The molecule has 0 aliphatic carbocycles. The minimum atomic E-state index is 0.284. The van der Waals surface area contributed by atoms with Crippen molar-refractivity contribution in [3.05, 3.63) is 36.0 Å². The van der Waals surface area contributed by atoms with Gasteiger partial charge in [-0.1, -0.05) is 0 Å². The topological polar surface area (TPSA) is 53.5 Å². The highest BCUT2D eigenvalue weighted by Gasteiger charge is 2.22. The van der Waals surface area contributed by atoms with E-state index in [9.17, 15) is 0 Å². The number of benzene rings is 1. The highest BCUT2D eigenvalue weighted by Crippen LogP contribution is 2.29. The first kappa shape index (κ1) is 18.8. The van der Waals surface area contributed by atoms with Gasteiger partial charge in [0.25, 0.3) is 0 Å². The molecule has 1 N–H and O–H groups in total. The smallest absolute Gasteiger partial charge is 0.161 e. The molecule has 2 saturated heterocycles. The third kappa shape index (κ3) is 4.38. The number of nitrogens with zero attached hydrogens (tertiary/aromatic N) is 4. The normalized spacial score (nSPS) is 21.7. The van der Waals surface area contributed by atoms with Crippen molar-refractivity contribution in [2.24, 2.45) is 0 Å². The van der Waals surface area contributed by atoms with Crippen LogP contribution in [0, 0.1) is 0 Å². The van der Waals surface area contributed by atoms with E-state index < -0.39 is 0 Å². The fourth-order valence-corrected chi connectivity index (χ4v) is 4.66. The average Bonchev–Trinajstić information content (AvgIpc) is 3.51. The molecule has 4 heterocycles. The van der Waals surface area contributed by atoms with E-state index in [0.717, 1.165) is 62.0 Å². The van der Waals surface area contributed by atoms with Crippen molar-refractivity contribution < 1.29 is 4.74 Å². The van der Waals surface area contributed by atoms with E-state index in [1.165, 1.54) is 44.5 Å². The molecule has 5 rings (SSSR count). The Morgan fingerprint density at radius 3 is 2.72 bits per heavy atom. The molecular formula is C23H31N5O. The molecule has 154 valence electrons. The van der Waals surface area contributed by atoms with Gasteiger partial charge in [-0.3, -0.25) is 0 Å². The van der Waals surface area contributed by atoms with Crippen LogP contribution in [0.2, 0.25) is 0 Å². The molecule has 6 heteroatoms. The van der Waals surface area contributed by atoms with E-state index in [2.05, 4.69) is 32.2 Å². The van der Waals surface area contributed by atoms with Gasteiger partial charge in [0.1, 0.15) is 17.7 Å². The van der Waals surface area contributed by atoms with Gasteiger partial charge in [-0.15, -0.1) is 0 Å². The number of anilines is 1. The third-order valence-electron chi connectivity index (χ3n) is 6.32. The third-order valence-corrected chi connectivity index (χ3v) is 6.32. The van der Waals surface area contributed by atoms with Crippen molar-refractivity contribution in [1.29, 1.82) is 0 Å².